The van der Waals surface area contributed by atoms with Crippen molar-refractivity contribution in [3.8, 4) is 0 Å². The van der Waals surface area contributed by atoms with Gasteiger partial charge in [0.05, 0.1) is 12.2 Å². The molecule has 0 radical (unpaired) electrons. The lowest BCUT2D eigenvalue weighted by atomic mass is 10.1. The number of hydrogen-bond acceptors (Lipinski definition) is 6. The molecule has 0 bridgehead atoms. The van der Waals surface area contributed by atoms with E-state index in [-0.39, 0.29) is 11.5 Å². The minimum atomic E-state index is -0.195. The molecule has 25 heavy (non-hydrogen) atoms. The van der Waals surface area contributed by atoms with E-state index in [1.165, 1.54) is 21.9 Å². The molecule has 0 spiro atoms. The number of benzene rings is 1. The molecule has 8 heteroatoms. The van der Waals surface area contributed by atoms with Gasteiger partial charge in [0.25, 0.3) is 11.5 Å². The van der Waals surface area contributed by atoms with Gasteiger partial charge in [-0.05, 0) is 38.5 Å². The molecule has 3 rings (SSSR count). The second kappa shape index (κ2) is 7.02. The molecule has 7 nitrogen and oxygen atoms in total. The molecule has 1 amide bonds. The lowest BCUT2D eigenvalue weighted by Crippen LogP contribution is -2.22. The highest BCUT2D eigenvalue weighted by molar-refractivity contribution is 7.16. The second-order valence-electron chi connectivity index (χ2n) is 5.64. The van der Waals surface area contributed by atoms with Gasteiger partial charge in [-0.15, -0.1) is 0 Å². The summed E-state index contributed by atoms with van der Waals surface area (Å²) in [7, 11) is 0. The number of carbonyl (C=O) groups is 1. The van der Waals surface area contributed by atoms with E-state index in [0.717, 1.165) is 16.3 Å². The van der Waals surface area contributed by atoms with Crippen molar-refractivity contribution in [1.29, 1.82) is 0 Å². The molecular formula is C17H19N5O2S. The normalized spacial score (nSPS) is 10.8. The van der Waals surface area contributed by atoms with Crippen molar-refractivity contribution in [2.24, 2.45) is 0 Å². The first-order valence-electron chi connectivity index (χ1n) is 7.97. The van der Waals surface area contributed by atoms with E-state index in [2.05, 4.69) is 20.7 Å². The number of aryl methyl sites for hydroxylation is 2. The monoisotopic (exact) mass is 357 g/mol. The zero-order valence-corrected chi connectivity index (χ0v) is 15.1. The number of nitrogens with zero attached hydrogens (tertiary/aromatic N) is 3. The molecule has 130 valence electrons. The smallest absolute Gasteiger partial charge is 0.275 e. The van der Waals surface area contributed by atoms with Crippen LogP contribution in [0.3, 0.4) is 0 Å². The fourth-order valence-electron chi connectivity index (χ4n) is 2.44. The third kappa shape index (κ3) is 3.69. The first kappa shape index (κ1) is 17.1. The molecule has 0 saturated heterocycles. The van der Waals surface area contributed by atoms with Gasteiger partial charge < -0.3 is 10.6 Å². The van der Waals surface area contributed by atoms with E-state index >= 15 is 0 Å². The van der Waals surface area contributed by atoms with Crippen molar-refractivity contribution in [2.45, 2.75) is 27.3 Å². The Morgan fingerprint density at radius 1 is 1.28 bits per heavy atom. The molecule has 0 fully saturated rings. The van der Waals surface area contributed by atoms with Crippen LogP contribution in [0, 0.1) is 13.8 Å². The van der Waals surface area contributed by atoms with Crippen molar-refractivity contribution in [1.82, 2.24) is 19.9 Å². The summed E-state index contributed by atoms with van der Waals surface area (Å²) in [5, 5.41) is 11.0. The maximum Gasteiger partial charge on any atom is 0.275 e. The number of amides is 1. The number of anilines is 1. The Morgan fingerprint density at radius 2 is 2.08 bits per heavy atom. The number of nitrogens with one attached hydrogen (secondary N) is 2. The van der Waals surface area contributed by atoms with Crippen LogP contribution in [0.4, 0.5) is 5.69 Å². The van der Waals surface area contributed by atoms with Crippen LogP contribution in [0.1, 0.15) is 33.5 Å². The van der Waals surface area contributed by atoms with E-state index in [1.807, 2.05) is 32.9 Å². The lowest BCUT2D eigenvalue weighted by molar-refractivity contribution is 0.0956. The van der Waals surface area contributed by atoms with E-state index < -0.39 is 0 Å². The molecule has 0 saturated carbocycles. The van der Waals surface area contributed by atoms with E-state index in [4.69, 9.17) is 0 Å². The molecule has 2 N–H and O–H groups in total. The molecule has 2 aromatic heterocycles. The predicted molar refractivity (Wildman–Crippen MR) is 98.4 cm³/mol. The van der Waals surface area contributed by atoms with Crippen molar-refractivity contribution in [3.05, 3.63) is 56.4 Å². The molecule has 0 unspecified atom stereocenters. The Hall–Kier alpha value is -2.74. The average Bonchev–Trinajstić information content (AvgIpc) is 2.95. The fraction of sp³-hybridized carbons (Fsp3) is 0.294. The summed E-state index contributed by atoms with van der Waals surface area (Å²) in [4.78, 5) is 29.1. The summed E-state index contributed by atoms with van der Waals surface area (Å²) in [5.41, 5.74) is 2.89. The fourth-order valence-corrected chi connectivity index (χ4v) is 3.21. The number of carbonyl (C=O) groups excluding carboxylic acids is 1. The Kier molecular flexibility index (Phi) is 4.80. The van der Waals surface area contributed by atoms with Gasteiger partial charge in [0.15, 0.2) is 0 Å². The molecule has 3 aromatic rings. The molecule has 1 aromatic carbocycles. The minimum absolute atomic E-state index is 0.108. The summed E-state index contributed by atoms with van der Waals surface area (Å²) in [6.45, 7) is 6.65. The van der Waals surface area contributed by atoms with Crippen LogP contribution < -0.4 is 16.2 Å². The number of aromatic nitrogens is 3. The zero-order chi connectivity index (χ0) is 18.0. The third-order valence-electron chi connectivity index (χ3n) is 3.70. The highest BCUT2D eigenvalue weighted by Gasteiger charge is 2.09. The van der Waals surface area contributed by atoms with Crippen LogP contribution in [0.15, 0.2) is 29.1 Å². The Labute approximate surface area is 148 Å². The van der Waals surface area contributed by atoms with Crippen molar-refractivity contribution in [3.63, 3.8) is 0 Å². The van der Waals surface area contributed by atoms with Crippen LogP contribution in [-0.2, 0) is 6.54 Å². The summed E-state index contributed by atoms with van der Waals surface area (Å²) < 4.78 is 1.31. The molecule has 0 aliphatic rings. The summed E-state index contributed by atoms with van der Waals surface area (Å²) in [5.74, 6) is -0.108. The number of rotatable bonds is 5. The van der Waals surface area contributed by atoms with E-state index in [1.54, 1.807) is 6.07 Å². The highest BCUT2D eigenvalue weighted by Crippen LogP contribution is 2.18. The van der Waals surface area contributed by atoms with Gasteiger partial charge in [0, 0.05) is 23.9 Å². The first-order valence-corrected chi connectivity index (χ1v) is 8.78. The van der Waals surface area contributed by atoms with E-state index in [0.29, 0.717) is 29.3 Å². The predicted octanol–water partition coefficient (Wildman–Crippen LogP) is 2.13. The van der Waals surface area contributed by atoms with Crippen LogP contribution >= 0.6 is 11.3 Å². The van der Waals surface area contributed by atoms with Crippen LogP contribution in [0.5, 0.6) is 0 Å². The van der Waals surface area contributed by atoms with Gasteiger partial charge >= 0.3 is 0 Å². The molecule has 2 heterocycles. The van der Waals surface area contributed by atoms with Gasteiger partial charge in [-0.3, -0.25) is 9.59 Å². The van der Waals surface area contributed by atoms with Crippen LogP contribution in [0.2, 0.25) is 0 Å². The second-order valence-corrected chi connectivity index (χ2v) is 6.80. The minimum Gasteiger partial charge on any atom is -0.379 e. The molecular weight excluding hydrogens is 338 g/mol. The standard InChI is InChI=1S/C17H19N5O2S/c1-4-18-16(24)12-6-5-10(2)14(7-12)19-9-13-8-15(23)22-17(20-13)25-11(3)21-22/h5-8,19H,4,9H2,1-3H3,(H,18,24). The topological polar surface area (TPSA) is 88.4 Å². The largest absolute Gasteiger partial charge is 0.379 e. The van der Waals surface area contributed by atoms with Crippen molar-refractivity contribution < 1.29 is 4.79 Å². The Bertz CT molecular complexity index is 992. The lowest BCUT2D eigenvalue weighted by Gasteiger charge is -2.11. The van der Waals surface area contributed by atoms with E-state index in [9.17, 15) is 9.59 Å². The third-order valence-corrected chi connectivity index (χ3v) is 4.52. The van der Waals surface area contributed by atoms with Gasteiger partial charge in [0.2, 0.25) is 4.96 Å². The number of fused-ring (bicyclic) bond motifs is 1. The Morgan fingerprint density at radius 3 is 2.84 bits per heavy atom. The summed E-state index contributed by atoms with van der Waals surface area (Å²) >= 11 is 1.38. The van der Waals surface area contributed by atoms with Crippen LogP contribution in [-0.4, -0.2) is 27.0 Å². The maximum atomic E-state index is 12.1. The van der Waals surface area contributed by atoms with Crippen molar-refractivity contribution in [2.75, 3.05) is 11.9 Å². The molecule has 0 aliphatic carbocycles. The molecule has 0 aliphatic heterocycles. The highest BCUT2D eigenvalue weighted by atomic mass is 32.1. The number of hydrogen-bond donors (Lipinski definition) is 2. The summed E-state index contributed by atoms with van der Waals surface area (Å²) in [6.07, 6.45) is 0. The Balaban J connectivity index is 1.82. The SMILES string of the molecule is CCNC(=O)c1ccc(C)c(NCc2cc(=O)n3nc(C)sc3n2)c1. The summed E-state index contributed by atoms with van der Waals surface area (Å²) in [6, 6.07) is 6.97. The zero-order valence-electron chi connectivity index (χ0n) is 14.3. The quantitative estimate of drug-likeness (QED) is 0.730. The van der Waals surface area contributed by atoms with Crippen molar-refractivity contribution >= 4 is 27.9 Å². The van der Waals surface area contributed by atoms with Gasteiger partial charge in [-0.2, -0.15) is 9.61 Å². The average molecular weight is 357 g/mol. The van der Waals surface area contributed by atoms with Gasteiger partial charge in [0.1, 0.15) is 5.01 Å². The first-order chi connectivity index (χ1) is 12.0. The molecule has 0 atom stereocenters. The maximum absolute atomic E-state index is 12.1. The van der Waals surface area contributed by atoms with Gasteiger partial charge in [-0.25, -0.2) is 4.98 Å². The van der Waals surface area contributed by atoms with Gasteiger partial charge in [-0.1, -0.05) is 17.4 Å². The van der Waals surface area contributed by atoms with Crippen LogP contribution in [0.25, 0.3) is 4.96 Å².